The van der Waals surface area contributed by atoms with E-state index in [9.17, 15) is 4.79 Å². The van der Waals surface area contributed by atoms with Crippen molar-refractivity contribution in [1.82, 2.24) is 14.9 Å². The number of hydrogen-bond donors (Lipinski definition) is 1. The summed E-state index contributed by atoms with van der Waals surface area (Å²) in [6.45, 7) is 3.88. The molecule has 0 unspecified atom stereocenters. The van der Waals surface area contributed by atoms with Gasteiger partial charge in [0.1, 0.15) is 5.82 Å². The van der Waals surface area contributed by atoms with Gasteiger partial charge in [-0.2, -0.15) is 4.98 Å². The number of nitrogens with zero attached hydrogens (tertiary/aromatic N) is 4. The van der Waals surface area contributed by atoms with Crippen molar-refractivity contribution in [3.8, 4) is 0 Å². The first-order chi connectivity index (χ1) is 8.11. The van der Waals surface area contributed by atoms with Crippen molar-refractivity contribution >= 4 is 17.7 Å². The van der Waals surface area contributed by atoms with Crippen LogP contribution in [-0.4, -0.2) is 54.5 Å². The predicted octanol–water partition coefficient (Wildman–Crippen LogP) is 0.105. The van der Waals surface area contributed by atoms with Gasteiger partial charge in [-0.05, 0) is 6.92 Å². The molecule has 0 spiro atoms. The van der Waals surface area contributed by atoms with Crippen LogP contribution in [0, 0.1) is 6.92 Å². The monoisotopic (exact) mass is 235 g/mol. The molecule has 2 rings (SSSR count). The second-order valence-corrected chi connectivity index (χ2v) is 4.19. The summed E-state index contributed by atoms with van der Waals surface area (Å²) < 4.78 is 0. The number of amides is 1. The van der Waals surface area contributed by atoms with Crippen molar-refractivity contribution < 1.29 is 4.79 Å². The van der Waals surface area contributed by atoms with Crippen molar-refractivity contribution in [2.75, 3.05) is 43.9 Å². The van der Waals surface area contributed by atoms with E-state index < -0.39 is 0 Å². The van der Waals surface area contributed by atoms with Crippen molar-refractivity contribution in [3.63, 3.8) is 0 Å². The summed E-state index contributed by atoms with van der Waals surface area (Å²) in [6.07, 6.45) is 1.77. The number of carbonyl (C=O) groups excluding carboxylic acids is 1. The molecule has 1 fully saturated rings. The summed E-state index contributed by atoms with van der Waals surface area (Å²) in [5.74, 6) is 1.54. The minimum absolute atomic E-state index is 0.125. The number of carbonyl (C=O) groups is 1. The van der Waals surface area contributed by atoms with Gasteiger partial charge in [0.25, 0.3) is 0 Å². The Bertz CT molecular complexity index is 434. The van der Waals surface area contributed by atoms with Crippen LogP contribution in [0.4, 0.5) is 11.8 Å². The second kappa shape index (κ2) is 4.57. The lowest BCUT2D eigenvalue weighted by molar-refractivity contribution is -0.129. The van der Waals surface area contributed by atoms with E-state index in [1.807, 2.05) is 18.9 Å². The number of piperazine rings is 1. The molecule has 0 bridgehead atoms. The second-order valence-electron chi connectivity index (χ2n) is 4.19. The van der Waals surface area contributed by atoms with Gasteiger partial charge >= 0.3 is 0 Å². The van der Waals surface area contributed by atoms with Crippen LogP contribution >= 0.6 is 0 Å². The summed E-state index contributed by atoms with van der Waals surface area (Å²) in [6, 6.07) is 0. The zero-order valence-electron chi connectivity index (χ0n) is 10.4. The Labute approximate surface area is 101 Å². The van der Waals surface area contributed by atoms with E-state index >= 15 is 0 Å². The SMILES string of the molecule is CNc1ncc(C)c(N2CCN(C)C(=O)C2)n1. The molecule has 1 aromatic rings. The number of rotatable bonds is 2. The molecule has 17 heavy (non-hydrogen) atoms. The van der Waals surface area contributed by atoms with Crippen LogP contribution in [0.2, 0.25) is 0 Å². The van der Waals surface area contributed by atoms with Crippen LogP contribution in [0.3, 0.4) is 0 Å². The summed E-state index contributed by atoms with van der Waals surface area (Å²) >= 11 is 0. The zero-order valence-corrected chi connectivity index (χ0v) is 10.4. The van der Waals surface area contributed by atoms with Crippen LogP contribution in [0.15, 0.2) is 6.20 Å². The van der Waals surface area contributed by atoms with E-state index in [1.165, 1.54) is 0 Å². The largest absolute Gasteiger partial charge is 0.357 e. The van der Waals surface area contributed by atoms with Crippen molar-refractivity contribution in [3.05, 3.63) is 11.8 Å². The molecule has 1 aliphatic heterocycles. The van der Waals surface area contributed by atoms with Crippen LogP contribution in [0.1, 0.15) is 5.56 Å². The smallest absolute Gasteiger partial charge is 0.241 e. The average molecular weight is 235 g/mol. The lowest BCUT2D eigenvalue weighted by Crippen LogP contribution is -2.49. The maximum absolute atomic E-state index is 11.7. The van der Waals surface area contributed by atoms with Gasteiger partial charge in [0, 0.05) is 38.9 Å². The Morgan fingerprint density at radius 3 is 2.82 bits per heavy atom. The first kappa shape index (κ1) is 11.6. The summed E-state index contributed by atoms with van der Waals surface area (Å²) in [5.41, 5.74) is 0.987. The fourth-order valence-electron chi connectivity index (χ4n) is 1.81. The molecule has 1 amide bonds. The van der Waals surface area contributed by atoms with Gasteiger partial charge in [0.15, 0.2) is 0 Å². The normalized spacial score (nSPS) is 16.3. The molecule has 6 heteroatoms. The molecule has 1 aromatic heterocycles. The van der Waals surface area contributed by atoms with Crippen LogP contribution in [0.5, 0.6) is 0 Å². The first-order valence-electron chi connectivity index (χ1n) is 5.62. The Morgan fingerprint density at radius 1 is 1.41 bits per heavy atom. The lowest BCUT2D eigenvalue weighted by Gasteiger charge is -2.33. The highest BCUT2D eigenvalue weighted by Crippen LogP contribution is 2.19. The highest BCUT2D eigenvalue weighted by molar-refractivity contribution is 5.82. The number of likely N-dealkylation sites (N-methyl/N-ethyl adjacent to an activating group) is 1. The first-order valence-corrected chi connectivity index (χ1v) is 5.62. The van der Waals surface area contributed by atoms with E-state index in [0.717, 1.165) is 24.5 Å². The molecular weight excluding hydrogens is 218 g/mol. The van der Waals surface area contributed by atoms with Gasteiger partial charge in [-0.1, -0.05) is 0 Å². The van der Waals surface area contributed by atoms with Crippen LogP contribution < -0.4 is 10.2 Å². The molecule has 1 N–H and O–H groups in total. The molecule has 0 saturated carbocycles. The highest BCUT2D eigenvalue weighted by Gasteiger charge is 2.23. The number of hydrogen-bond acceptors (Lipinski definition) is 5. The van der Waals surface area contributed by atoms with Gasteiger partial charge in [-0.3, -0.25) is 4.79 Å². The molecule has 0 atom stereocenters. The van der Waals surface area contributed by atoms with Crippen LogP contribution in [-0.2, 0) is 4.79 Å². The maximum atomic E-state index is 11.7. The highest BCUT2D eigenvalue weighted by atomic mass is 16.2. The maximum Gasteiger partial charge on any atom is 0.241 e. The molecule has 1 aliphatic rings. The summed E-state index contributed by atoms with van der Waals surface area (Å²) in [7, 11) is 3.61. The third kappa shape index (κ3) is 2.30. The van der Waals surface area contributed by atoms with E-state index in [1.54, 1.807) is 18.1 Å². The number of aromatic nitrogens is 2. The molecule has 92 valence electrons. The van der Waals surface area contributed by atoms with Gasteiger partial charge in [-0.25, -0.2) is 4.98 Å². The van der Waals surface area contributed by atoms with Crippen LogP contribution in [0.25, 0.3) is 0 Å². The quantitative estimate of drug-likeness (QED) is 0.788. The molecular formula is C11H17N5O. The van der Waals surface area contributed by atoms with E-state index in [2.05, 4.69) is 15.3 Å². The Morgan fingerprint density at radius 2 is 2.18 bits per heavy atom. The third-order valence-corrected chi connectivity index (χ3v) is 2.93. The fraction of sp³-hybridized carbons (Fsp3) is 0.545. The van der Waals surface area contributed by atoms with E-state index in [0.29, 0.717) is 12.5 Å². The van der Waals surface area contributed by atoms with Crippen molar-refractivity contribution in [1.29, 1.82) is 0 Å². The predicted molar refractivity (Wildman–Crippen MR) is 66.2 cm³/mol. The van der Waals surface area contributed by atoms with Gasteiger partial charge in [0.05, 0.1) is 6.54 Å². The van der Waals surface area contributed by atoms with Gasteiger partial charge in [0.2, 0.25) is 11.9 Å². The minimum atomic E-state index is 0.125. The zero-order chi connectivity index (χ0) is 12.4. The summed E-state index contributed by atoms with van der Waals surface area (Å²) in [4.78, 5) is 24.0. The Balaban J connectivity index is 2.24. The molecule has 2 heterocycles. The van der Waals surface area contributed by atoms with Gasteiger partial charge < -0.3 is 15.1 Å². The van der Waals surface area contributed by atoms with Crippen molar-refractivity contribution in [2.24, 2.45) is 0 Å². The molecule has 0 aliphatic carbocycles. The number of anilines is 2. The van der Waals surface area contributed by atoms with E-state index in [-0.39, 0.29) is 5.91 Å². The number of aryl methyl sites for hydroxylation is 1. The molecule has 1 saturated heterocycles. The average Bonchev–Trinajstić information content (AvgIpc) is 2.33. The van der Waals surface area contributed by atoms with Gasteiger partial charge in [-0.15, -0.1) is 0 Å². The molecule has 0 radical (unpaired) electrons. The number of nitrogens with one attached hydrogen (secondary N) is 1. The Hall–Kier alpha value is -1.85. The van der Waals surface area contributed by atoms with E-state index in [4.69, 9.17) is 0 Å². The molecule has 0 aromatic carbocycles. The fourth-order valence-corrected chi connectivity index (χ4v) is 1.81. The lowest BCUT2D eigenvalue weighted by atomic mass is 10.2. The Kier molecular flexibility index (Phi) is 3.12. The minimum Gasteiger partial charge on any atom is -0.357 e. The summed E-state index contributed by atoms with van der Waals surface area (Å²) in [5, 5.41) is 2.91. The molecule has 6 nitrogen and oxygen atoms in total. The third-order valence-electron chi connectivity index (χ3n) is 2.93. The topological polar surface area (TPSA) is 61.4 Å². The standard InChI is InChI=1S/C11H17N5O/c1-8-6-13-11(12-2)14-10(8)16-5-4-15(3)9(17)7-16/h6H,4-5,7H2,1-3H3,(H,12,13,14). The van der Waals surface area contributed by atoms with Crippen molar-refractivity contribution in [2.45, 2.75) is 6.92 Å².